The maximum atomic E-state index is 12.7. The highest BCUT2D eigenvalue weighted by atomic mass is 35.5. The number of pyridine rings is 2. The van der Waals surface area contributed by atoms with Crippen molar-refractivity contribution >= 4 is 70.2 Å². The average Bonchev–Trinajstić information content (AvgIpc) is 3.75. The number of halogens is 3. The Labute approximate surface area is 368 Å². The number of aromatic nitrogens is 6. The van der Waals surface area contributed by atoms with Crippen molar-refractivity contribution in [3.05, 3.63) is 128 Å². The molecule has 2 aliphatic heterocycles. The predicted molar refractivity (Wildman–Crippen MR) is 238 cm³/mol. The molecule has 6 heterocycles. The van der Waals surface area contributed by atoms with E-state index in [1.54, 1.807) is 30.6 Å². The molecule has 6 aromatic rings. The first kappa shape index (κ1) is 45.1. The minimum atomic E-state index is -0.846. The van der Waals surface area contributed by atoms with Crippen LogP contribution in [0, 0.1) is 0 Å². The van der Waals surface area contributed by atoms with Crippen LogP contribution in [0.2, 0.25) is 10.0 Å². The first-order valence-corrected chi connectivity index (χ1v) is 20.8. The van der Waals surface area contributed by atoms with E-state index in [4.69, 9.17) is 27.9 Å². The first-order valence-electron chi connectivity index (χ1n) is 20.1. The van der Waals surface area contributed by atoms with E-state index in [0.717, 1.165) is 31.0 Å². The lowest BCUT2D eigenvalue weighted by atomic mass is 10.1. The van der Waals surface area contributed by atoms with Crippen LogP contribution in [0.25, 0.3) is 11.3 Å². The zero-order valence-corrected chi connectivity index (χ0v) is 36.0. The number of aliphatic carboxylic acids is 1. The van der Waals surface area contributed by atoms with Crippen molar-refractivity contribution in [2.24, 2.45) is 0 Å². The fourth-order valence-electron chi connectivity index (χ4n) is 7.76. The van der Waals surface area contributed by atoms with Gasteiger partial charge in [-0.25, -0.2) is 19.0 Å². The first-order chi connectivity index (χ1) is 29.1. The summed E-state index contributed by atoms with van der Waals surface area (Å²) in [6.45, 7) is 8.13. The van der Waals surface area contributed by atoms with E-state index in [1.807, 2.05) is 83.5 Å². The molecule has 0 amide bonds. The Morgan fingerprint density at radius 3 is 1.59 bits per heavy atom. The van der Waals surface area contributed by atoms with Gasteiger partial charge in [0.05, 0.1) is 6.61 Å². The largest absolute Gasteiger partial charge is 0.480 e. The van der Waals surface area contributed by atoms with Crippen molar-refractivity contribution < 1.29 is 19.4 Å². The van der Waals surface area contributed by atoms with Crippen LogP contribution in [0.15, 0.2) is 107 Å². The highest BCUT2D eigenvalue weighted by Gasteiger charge is 2.34. The molecule has 2 aromatic carbocycles. The van der Waals surface area contributed by atoms with Crippen molar-refractivity contribution in [2.45, 2.75) is 44.9 Å². The summed E-state index contributed by atoms with van der Waals surface area (Å²) in [7, 11) is 0. The van der Waals surface area contributed by atoms with Crippen LogP contribution in [0.1, 0.15) is 19.8 Å². The molecule has 2 aliphatic rings. The molecular weight excluding hydrogens is 847 g/mol. The van der Waals surface area contributed by atoms with Crippen LogP contribution in [-0.2, 0) is 27.4 Å². The molecule has 324 valence electrons. The molecule has 0 aliphatic carbocycles. The normalized spacial score (nSPS) is 17.2. The van der Waals surface area contributed by atoms with E-state index in [0.29, 0.717) is 86.6 Å². The number of aryl methyl sites for hydroxylation is 2. The smallest absolute Gasteiger partial charge is 0.350 e. The lowest BCUT2D eigenvalue weighted by molar-refractivity contribution is -0.150. The van der Waals surface area contributed by atoms with Gasteiger partial charge in [-0.1, -0.05) is 47.5 Å². The third-order valence-electron chi connectivity index (χ3n) is 10.8. The molecular formula is C42H49Cl3N10O6. The summed E-state index contributed by atoms with van der Waals surface area (Å²) in [6.07, 6.45) is 4.76. The van der Waals surface area contributed by atoms with Crippen molar-refractivity contribution in [1.29, 1.82) is 0 Å². The van der Waals surface area contributed by atoms with Gasteiger partial charge in [0.15, 0.2) is 11.3 Å². The molecule has 2 fully saturated rings. The summed E-state index contributed by atoms with van der Waals surface area (Å²) in [4.78, 5) is 57.6. The molecule has 0 bridgehead atoms. The predicted octanol–water partition coefficient (Wildman–Crippen LogP) is 4.53. The molecule has 0 saturated carbocycles. The van der Waals surface area contributed by atoms with E-state index >= 15 is 0 Å². The van der Waals surface area contributed by atoms with Crippen LogP contribution < -0.4 is 21.2 Å². The molecule has 0 radical (unpaired) electrons. The summed E-state index contributed by atoms with van der Waals surface area (Å²) in [5.41, 5.74) is 2.84. The summed E-state index contributed by atoms with van der Waals surface area (Å²) in [5.74, 6) is -1.07. The number of fused-ring (bicyclic) bond motifs is 2. The highest BCUT2D eigenvalue weighted by molar-refractivity contribution is 6.31. The second kappa shape index (κ2) is 20.9. The molecule has 4 aromatic heterocycles. The van der Waals surface area contributed by atoms with Gasteiger partial charge in [-0.3, -0.25) is 28.2 Å². The quantitative estimate of drug-likeness (QED) is 0.162. The average molecular weight is 896 g/mol. The number of carboxylic acid groups (broad SMARTS) is 1. The Kier molecular flexibility index (Phi) is 15.5. The molecule has 2 atom stereocenters. The summed E-state index contributed by atoms with van der Waals surface area (Å²) >= 11 is 12.2. The standard InChI is InChI=1S/C22H26ClN5O3.C20H22ClN5O3.ClH/c1-2-31-21(29)19-16-26(18-8-5-7-17(23)15-18)14-13-25(19)10-6-12-28-22(30)27-11-4-3-9-20(27)24-28;21-15-5-3-6-16(13-15)24-12-11-23(17(14-24)19(27)28)8-4-10-26-20(29)25-9-2-1-7-18(25)22-26;/h3-5,7-9,11,15,19H,2,6,10,12-14,16H2,1H3;1-3,5-7,9,13,17H,4,8,10-12,14H2,(H,27,28);1H. The summed E-state index contributed by atoms with van der Waals surface area (Å²) < 4.78 is 11.3. The molecule has 2 unspecified atom stereocenters. The molecule has 16 nitrogen and oxygen atoms in total. The Hall–Kier alpha value is -5.39. The third kappa shape index (κ3) is 10.9. The van der Waals surface area contributed by atoms with Crippen molar-refractivity contribution in [3.63, 3.8) is 0 Å². The monoisotopic (exact) mass is 894 g/mol. The molecule has 8 rings (SSSR count). The maximum absolute atomic E-state index is 12.7. The van der Waals surface area contributed by atoms with E-state index in [9.17, 15) is 24.3 Å². The lowest BCUT2D eigenvalue weighted by Crippen LogP contribution is -2.57. The number of nitrogens with zero attached hydrogens (tertiary/aromatic N) is 10. The minimum Gasteiger partial charge on any atom is -0.480 e. The topological polar surface area (TPSA) is 155 Å². The van der Waals surface area contributed by atoms with E-state index in [-0.39, 0.29) is 35.8 Å². The Balaban J connectivity index is 0.000000201. The van der Waals surface area contributed by atoms with Gasteiger partial charge >= 0.3 is 23.3 Å². The second-order valence-electron chi connectivity index (χ2n) is 14.6. The summed E-state index contributed by atoms with van der Waals surface area (Å²) in [6, 6.07) is 25.0. The van der Waals surface area contributed by atoms with Crippen molar-refractivity contribution in [2.75, 3.05) is 68.8 Å². The SMILES string of the molecule is CCOC(=O)C1CN(c2cccc(Cl)c2)CCN1CCCn1nc2ccccn2c1=O.Cl.O=C(O)C1CN(c2cccc(Cl)c2)CCN1CCCn1nc2ccccn2c1=O. The van der Waals surface area contributed by atoms with Crippen LogP contribution in [0.4, 0.5) is 11.4 Å². The van der Waals surface area contributed by atoms with Crippen LogP contribution in [0.5, 0.6) is 0 Å². The van der Waals surface area contributed by atoms with Crippen LogP contribution in [-0.4, -0.2) is 126 Å². The van der Waals surface area contributed by atoms with Gasteiger partial charge in [-0.05, 0) is 80.4 Å². The number of rotatable bonds is 13. The number of hydrogen-bond donors (Lipinski definition) is 1. The number of carbonyl (C=O) groups excluding carboxylic acids is 1. The van der Waals surface area contributed by atoms with Crippen molar-refractivity contribution in [1.82, 2.24) is 38.2 Å². The fourth-order valence-corrected chi connectivity index (χ4v) is 8.13. The van der Waals surface area contributed by atoms with Crippen LogP contribution in [0.3, 0.4) is 0 Å². The van der Waals surface area contributed by atoms with Crippen LogP contribution >= 0.6 is 35.6 Å². The fraction of sp³-hybridized carbons (Fsp3) is 0.381. The lowest BCUT2D eigenvalue weighted by Gasteiger charge is -2.41. The molecule has 2 saturated heterocycles. The van der Waals surface area contributed by atoms with Gasteiger partial charge in [0.25, 0.3) is 0 Å². The van der Waals surface area contributed by atoms with E-state index in [1.165, 1.54) is 18.2 Å². The van der Waals surface area contributed by atoms with E-state index < -0.39 is 12.0 Å². The maximum Gasteiger partial charge on any atom is 0.350 e. The number of benzene rings is 2. The van der Waals surface area contributed by atoms with Gasteiger partial charge < -0.3 is 19.6 Å². The molecule has 0 spiro atoms. The number of ether oxygens (including phenoxy) is 1. The van der Waals surface area contributed by atoms with Gasteiger partial charge in [0.2, 0.25) is 0 Å². The zero-order chi connectivity index (χ0) is 42.2. The van der Waals surface area contributed by atoms with E-state index in [2.05, 4.69) is 20.0 Å². The third-order valence-corrected chi connectivity index (χ3v) is 11.3. The Morgan fingerprint density at radius 2 is 1.15 bits per heavy atom. The number of hydrogen-bond acceptors (Lipinski definition) is 11. The minimum absolute atomic E-state index is 0. The number of carbonyl (C=O) groups is 2. The Bertz CT molecular complexity index is 2540. The Morgan fingerprint density at radius 1 is 0.672 bits per heavy atom. The number of carboxylic acids is 1. The zero-order valence-electron chi connectivity index (χ0n) is 33.7. The van der Waals surface area contributed by atoms with Crippen molar-refractivity contribution in [3.8, 4) is 0 Å². The molecule has 61 heavy (non-hydrogen) atoms. The van der Waals surface area contributed by atoms with Gasteiger partial charge in [0, 0.05) is 99.3 Å². The highest BCUT2D eigenvalue weighted by Crippen LogP contribution is 2.25. The van der Waals surface area contributed by atoms with Gasteiger partial charge in [-0.15, -0.1) is 22.6 Å². The molecule has 19 heteroatoms. The second-order valence-corrected chi connectivity index (χ2v) is 15.5. The van der Waals surface area contributed by atoms with Gasteiger partial charge in [0.1, 0.15) is 12.1 Å². The number of esters is 1. The number of anilines is 2. The number of piperazine rings is 2. The summed E-state index contributed by atoms with van der Waals surface area (Å²) in [5, 5.41) is 19.7. The molecule has 1 N–H and O–H groups in total. The van der Waals surface area contributed by atoms with Gasteiger partial charge in [-0.2, -0.15) is 0 Å².